The minimum atomic E-state index is -1.18. The van der Waals surface area contributed by atoms with E-state index >= 15 is 0 Å². The van der Waals surface area contributed by atoms with Crippen molar-refractivity contribution in [2.75, 3.05) is 0 Å². The maximum atomic E-state index is 11.8. The molecule has 20 heavy (non-hydrogen) atoms. The highest BCUT2D eigenvalue weighted by atomic mass is 16.5. The number of carbonyl (C=O) groups is 3. The summed E-state index contributed by atoms with van der Waals surface area (Å²) in [5.74, 6) is -2.35. The molecule has 2 unspecified atom stereocenters. The summed E-state index contributed by atoms with van der Waals surface area (Å²) in [4.78, 5) is 34.1. The van der Waals surface area contributed by atoms with E-state index in [1.807, 2.05) is 6.92 Å². The number of ether oxygens (including phenoxy) is 1. The van der Waals surface area contributed by atoms with Crippen LogP contribution in [0.3, 0.4) is 0 Å². The van der Waals surface area contributed by atoms with Crippen LogP contribution in [0.2, 0.25) is 0 Å². The lowest BCUT2D eigenvalue weighted by atomic mass is 10.1. The van der Waals surface area contributed by atoms with E-state index in [9.17, 15) is 14.4 Å². The third kappa shape index (κ3) is 7.73. The summed E-state index contributed by atoms with van der Waals surface area (Å²) in [6.07, 6.45) is 1.28. The molecule has 0 radical (unpaired) electrons. The minimum Gasteiger partial charge on any atom is -0.481 e. The first-order valence-electron chi connectivity index (χ1n) is 6.76. The van der Waals surface area contributed by atoms with Gasteiger partial charge in [0, 0.05) is 0 Å². The van der Waals surface area contributed by atoms with Crippen molar-refractivity contribution >= 4 is 17.8 Å². The summed E-state index contributed by atoms with van der Waals surface area (Å²) < 4.78 is 5.06. The molecule has 1 amide bonds. The van der Waals surface area contributed by atoms with Gasteiger partial charge >= 0.3 is 11.9 Å². The van der Waals surface area contributed by atoms with Crippen LogP contribution in [-0.4, -0.2) is 41.1 Å². The number of carboxylic acid groups (broad SMARTS) is 1. The van der Waals surface area contributed by atoms with E-state index < -0.39 is 36.4 Å². The SMILES string of the molecule is CCCCC(NC(=O)C(N)CC(=O)O)C(=O)OC(C)C. The number of nitrogens with two attached hydrogens (primary N) is 1. The molecule has 7 nitrogen and oxygen atoms in total. The number of nitrogens with one attached hydrogen (secondary N) is 1. The molecule has 2 atom stereocenters. The highest BCUT2D eigenvalue weighted by Crippen LogP contribution is 2.05. The van der Waals surface area contributed by atoms with E-state index in [0.717, 1.165) is 12.8 Å². The molecule has 0 aliphatic heterocycles. The van der Waals surface area contributed by atoms with Gasteiger partial charge in [0.25, 0.3) is 0 Å². The zero-order chi connectivity index (χ0) is 15.7. The molecule has 0 heterocycles. The Morgan fingerprint density at radius 2 is 1.90 bits per heavy atom. The molecule has 0 aromatic heterocycles. The predicted molar refractivity (Wildman–Crippen MR) is 72.9 cm³/mol. The minimum absolute atomic E-state index is 0.281. The zero-order valence-corrected chi connectivity index (χ0v) is 12.2. The van der Waals surface area contributed by atoms with Crippen LogP contribution in [0.5, 0.6) is 0 Å². The van der Waals surface area contributed by atoms with Crippen molar-refractivity contribution in [1.82, 2.24) is 5.32 Å². The molecule has 0 bridgehead atoms. The Morgan fingerprint density at radius 3 is 2.35 bits per heavy atom. The number of esters is 1. The van der Waals surface area contributed by atoms with Gasteiger partial charge in [0.15, 0.2) is 0 Å². The first-order valence-corrected chi connectivity index (χ1v) is 6.76. The largest absolute Gasteiger partial charge is 0.481 e. The third-order valence-electron chi connectivity index (χ3n) is 2.53. The Labute approximate surface area is 118 Å². The van der Waals surface area contributed by atoms with Crippen LogP contribution < -0.4 is 11.1 Å². The molecule has 0 spiro atoms. The molecule has 0 fully saturated rings. The Morgan fingerprint density at radius 1 is 1.30 bits per heavy atom. The Bertz CT molecular complexity index is 344. The van der Waals surface area contributed by atoms with Gasteiger partial charge in [0.05, 0.1) is 18.6 Å². The smallest absolute Gasteiger partial charge is 0.328 e. The maximum Gasteiger partial charge on any atom is 0.328 e. The van der Waals surface area contributed by atoms with E-state index in [1.165, 1.54) is 0 Å². The first-order chi connectivity index (χ1) is 9.27. The molecule has 4 N–H and O–H groups in total. The molecule has 7 heteroatoms. The monoisotopic (exact) mass is 288 g/mol. The highest BCUT2D eigenvalue weighted by Gasteiger charge is 2.26. The van der Waals surface area contributed by atoms with Gasteiger partial charge < -0.3 is 20.9 Å². The topological polar surface area (TPSA) is 119 Å². The molecule has 0 aromatic carbocycles. The fourth-order valence-corrected chi connectivity index (χ4v) is 1.53. The molecule has 0 saturated heterocycles. The number of hydrogen-bond donors (Lipinski definition) is 3. The number of carboxylic acids is 1. The summed E-state index contributed by atoms with van der Waals surface area (Å²) in [7, 11) is 0. The van der Waals surface area contributed by atoms with Gasteiger partial charge in [-0.25, -0.2) is 4.79 Å². The van der Waals surface area contributed by atoms with Crippen LogP contribution in [-0.2, 0) is 19.1 Å². The summed E-state index contributed by atoms with van der Waals surface area (Å²) in [5, 5.41) is 11.0. The van der Waals surface area contributed by atoms with Crippen LogP contribution in [0.1, 0.15) is 46.5 Å². The Hall–Kier alpha value is -1.63. The Balaban J connectivity index is 4.58. The quantitative estimate of drug-likeness (QED) is 0.529. The van der Waals surface area contributed by atoms with Crippen molar-refractivity contribution in [3.05, 3.63) is 0 Å². The van der Waals surface area contributed by atoms with Crippen LogP contribution in [0.25, 0.3) is 0 Å². The lowest BCUT2D eigenvalue weighted by Gasteiger charge is -2.20. The van der Waals surface area contributed by atoms with E-state index in [0.29, 0.717) is 6.42 Å². The van der Waals surface area contributed by atoms with Crippen molar-refractivity contribution in [3.8, 4) is 0 Å². The summed E-state index contributed by atoms with van der Waals surface area (Å²) in [6.45, 7) is 5.39. The molecular formula is C13H24N2O5. The number of rotatable bonds is 9. The average Bonchev–Trinajstić information content (AvgIpc) is 2.32. The lowest BCUT2D eigenvalue weighted by molar-refractivity contribution is -0.151. The summed E-state index contributed by atoms with van der Waals surface area (Å²) in [6, 6.07) is -1.96. The van der Waals surface area contributed by atoms with Crippen molar-refractivity contribution in [1.29, 1.82) is 0 Å². The predicted octanol–water partition coefficient (Wildman–Crippen LogP) is 0.415. The highest BCUT2D eigenvalue weighted by molar-refractivity contribution is 5.89. The molecule has 0 saturated carbocycles. The van der Waals surface area contributed by atoms with Crippen molar-refractivity contribution in [2.45, 2.75) is 64.6 Å². The molecule has 0 aromatic rings. The number of carbonyl (C=O) groups excluding carboxylic acids is 2. The molecule has 116 valence electrons. The number of aliphatic carboxylic acids is 1. The number of amides is 1. The van der Waals surface area contributed by atoms with Gasteiger partial charge in [-0.2, -0.15) is 0 Å². The van der Waals surface area contributed by atoms with Crippen molar-refractivity contribution in [3.63, 3.8) is 0 Å². The van der Waals surface area contributed by atoms with Gasteiger partial charge in [-0.05, 0) is 20.3 Å². The molecular weight excluding hydrogens is 264 g/mol. The first kappa shape index (κ1) is 18.4. The van der Waals surface area contributed by atoms with E-state index in [1.54, 1.807) is 13.8 Å². The fourth-order valence-electron chi connectivity index (χ4n) is 1.53. The number of unbranched alkanes of at least 4 members (excludes halogenated alkanes) is 1. The van der Waals surface area contributed by atoms with Crippen molar-refractivity contribution < 1.29 is 24.2 Å². The van der Waals surface area contributed by atoms with Crippen LogP contribution in [0.4, 0.5) is 0 Å². The van der Waals surface area contributed by atoms with E-state index in [4.69, 9.17) is 15.6 Å². The fraction of sp³-hybridized carbons (Fsp3) is 0.769. The lowest BCUT2D eigenvalue weighted by Crippen LogP contribution is -2.49. The normalized spacial score (nSPS) is 13.7. The number of hydrogen-bond acceptors (Lipinski definition) is 5. The molecule has 0 rings (SSSR count). The van der Waals surface area contributed by atoms with Gasteiger partial charge in [-0.3, -0.25) is 9.59 Å². The van der Waals surface area contributed by atoms with Gasteiger partial charge in [0.1, 0.15) is 6.04 Å². The van der Waals surface area contributed by atoms with E-state index in [2.05, 4.69) is 5.32 Å². The van der Waals surface area contributed by atoms with Gasteiger partial charge in [0.2, 0.25) is 5.91 Å². The van der Waals surface area contributed by atoms with Crippen LogP contribution in [0, 0.1) is 0 Å². The summed E-state index contributed by atoms with van der Waals surface area (Å²) in [5.41, 5.74) is 5.45. The van der Waals surface area contributed by atoms with Gasteiger partial charge in [-0.15, -0.1) is 0 Å². The van der Waals surface area contributed by atoms with E-state index in [-0.39, 0.29) is 6.10 Å². The zero-order valence-electron chi connectivity index (χ0n) is 12.2. The molecule has 0 aliphatic carbocycles. The standard InChI is InChI=1S/C13H24N2O5/c1-4-5-6-10(13(19)20-8(2)3)15-12(18)9(14)7-11(16)17/h8-10H,4-7,14H2,1-3H3,(H,15,18)(H,16,17). The third-order valence-corrected chi connectivity index (χ3v) is 2.53. The second-order valence-corrected chi connectivity index (χ2v) is 4.89. The van der Waals surface area contributed by atoms with Crippen molar-refractivity contribution in [2.24, 2.45) is 5.73 Å². The molecule has 0 aliphatic rings. The summed E-state index contributed by atoms with van der Waals surface area (Å²) >= 11 is 0. The van der Waals surface area contributed by atoms with Gasteiger partial charge in [-0.1, -0.05) is 19.8 Å². The second kappa shape index (κ2) is 9.30. The average molecular weight is 288 g/mol. The second-order valence-electron chi connectivity index (χ2n) is 4.89. The van der Waals surface area contributed by atoms with Crippen LogP contribution in [0.15, 0.2) is 0 Å². The van der Waals surface area contributed by atoms with Crippen LogP contribution >= 0.6 is 0 Å². The maximum absolute atomic E-state index is 11.8. The Kier molecular flexibility index (Phi) is 8.54.